The van der Waals surface area contributed by atoms with E-state index in [9.17, 15) is 13.2 Å². The first-order valence-corrected chi connectivity index (χ1v) is 4.88. The smallest absolute Gasteiger partial charge is 0.165 e. The molecule has 1 rings (SSSR count). The first-order chi connectivity index (χ1) is 5.82. The minimum atomic E-state index is -4.28. The Morgan fingerprint density at radius 2 is 1.92 bits per heavy atom. The molecule has 0 aliphatic heterocycles. The zero-order valence-corrected chi connectivity index (χ0v) is 8.65. The predicted octanol–water partition coefficient (Wildman–Crippen LogP) is 4.54. The summed E-state index contributed by atoms with van der Waals surface area (Å²) in [5.41, 5.74) is 0.569. The first-order valence-electron chi connectivity index (χ1n) is 3.68. The molecule has 0 aliphatic rings. The van der Waals surface area contributed by atoms with Crippen LogP contribution in [-0.2, 0) is 6.18 Å². The molecule has 0 saturated heterocycles. The van der Waals surface area contributed by atoms with Crippen LogP contribution in [-0.4, -0.2) is 0 Å². The molecule has 0 fully saturated rings. The van der Waals surface area contributed by atoms with Gasteiger partial charge in [0.25, 0.3) is 0 Å². The summed E-state index contributed by atoms with van der Waals surface area (Å²) in [6.07, 6.45) is -4.28. The largest absolute Gasteiger partial charge is 0.425 e. The van der Waals surface area contributed by atoms with Crippen LogP contribution in [0.15, 0.2) is 6.07 Å². The molecule has 0 N–H and O–H groups in total. The molecular weight excluding hydrogens is 221 g/mol. The van der Waals surface area contributed by atoms with E-state index in [2.05, 4.69) is 0 Å². The van der Waals surface area contributed by atoms with Gasteiger partial charge in [-0.15, -0.1) is 11.3 Å². The van der Waals surface area contributed by atoms with Crippen molar-refractivity contribution >= 4 is 22.9 Å². The summed E-state index contributed by atoms with van der Waals surface area (Å²) in [6, 6.07) is 1.12. The number of thiophene rings is 1. The van der Waals surface area contributed by atoms with E-state index in [1.165, 1.54) is 0 Å². The van der Waals surface area contributed by atoms with Gasteiger partial charge in [-0.1, -0.05) is 25.4 Å². The summed E-state index contributed by atoms with van der Waals surface area (Å²) >= 11 is 6.25. The number of hydrogen-bond acceptors (Lipinski definition) is 1. The van der Waals surface area contributed by atoms with Crippen LogP contribution in [0.1, 0.15) is 30.2 Å². The predicted molar refractivity (Wildman–Crippen MR) is 48.4 cm³/mol. The van der Waals surface area contributed by atoms with Gasteiger partial charge >= 0.3 is 6.18 Å². The Morgan fingerprint density at radius 1 is 1.38 bits per heavy atom. The van der Waals surface area contributed by atoms with Crippen molar-refractivity contribution in [3.63, 3.8) is 0 Å². The molecule has 0 unspecified atom stereocenters. The second-order valence-electron chi connectivity index (χ2n) is 2.99. The van der Waals surface area contributed by atoms with Gasteiger partial charge < -0.3 is 0 Å². The molecule has 74 valence electrons. The topological polar surface area (TPSA) is 0 Å². The highest BCUT2D eigenvalue weighted by atomic mass is 35.5. The number of rotatable bonds is 1. The molecule has 0 aromatic carbocycles. The van der Waals surface area contributed by atoms with Crippen molar-refractivity contribution in [2.24, 2.45) is 0 Å². The lowest BCUT2D eigenvalue weighted by Crippen LogP contribution is -2.00. The highest BCUT2D eigenvalue weighted by Crippen LogP contribution is 2.41. The highest BCUT2D eigenvalue weighted by molar-refractivity contribution is 7.16. The maximum atomic E-state index is 12.2. The average Bonchev–Trinajstić information content (AvgIpc) is 2.29. The van der Waals surface area contributed by atoms with Crippen molar-refractivity contribution in [2.75, 3.05) is 0 Å². The van der Waals surface area contributed by atoms with E-state index >= 15 is 0 Å². The number of halogens is 4. The molecule has 0 radical (unpaired) electrons. The standard InChI is InChI=1S/C8H8ClF3S/c1-4(2)5-3-6(8(10,11)12)13-7(5)9/h3-4H,1-2H3. The fraction of sp³-hybridized carbons (Fsp3) is 0.500. The van der Waals surface area contributed by atoms with Crippen molar-refractivity contribution in [1.82, 2.24) is 0 Å². The second-order valence-corrected chi connectivity index (χ2v) is 4.65. The molecular formula is C8H8ClF3S. The van der Waals surface area contributed by atoms with Crippen molar-refractivity contribution in [1.29, 1.82) is 0 Å². The summed E-state index contributed by atoms with van der Waals surface area (Å²) in [4.78, 5) is -0.624. The summed E-state index contributed by atoms with van der Waals surface area (Å²) in [5.74, 6) is 0.0276. The lowest BCUT2D eigenvalue weighted by molar-refractivity contribution is -0.134. The Bertz CT molecular complexity index is 301. The van der Waals surface area contributed by atoms with E-state index < -0.39 is 11.1 Å². The molecule has 1 aromatic rings. The molecule has 0 nitrogen and oxygen atoms in total. The molecule has 13 heavy (non-hydrogen) atoms. The Balaban J connectivity index is 3.10. The summed E-state index contributed by atoms with van der Waals surface area (Å²) in [7, 11) is 0. The van der Waals surface area contributed by atoms with Crippen LogP contribution in [0.2, 0.25) is 4.34 Å². The van der Waals surface area contributed by atoms with E-state index in [1.807, 2.05) is 13.8 Å². The maximum absolute atomic E-state index is 12.2. The Morgan fingerprint density at radius 3 is 2.15 bits per heavy atom. The van der Waals surface area contributed by atoms with Crippen molar-refractivity contribution in [3.8, 4) is 0 Å². The molecule has 0 aliphatic carbocycles. The molecule has 0 bridgehead atoms. The van der Waals surface area contributed by atoms with Gasteiger partial charge in [-0.3, -0.25) is 0 Å². The third-order valence-corrected chi connectivity index (χ3v) is 3.05. The van der Waals surface area contributed by atoms with Crippen molar-refractivity contribution < 1.29 is 13.2 Å². The van der Waals surface area contributed by atoms with E-state index in [0.29, 0.717) is 16.9 Å². The van der Waals surface area contributed by atoms with Gasteiger partial charge in [0.05, 0.1) is 4.34 Å². The zero-order chi connectivity index (χ0) is 10.2. The van der Waals surface area contributed by atoms with E-state index in [0.717, 1.165) is 6.07 Å². The van der Waals surface area contributed by atoms with Crippen molar-refractivity contribution in [2.45, 2.75) is 25.9 Å². The Hall–Kier alpha value is -0.220. The maximum Gasteiger partial charge on any atom is 0.425 e. The average molecular weight is 229 g/mol. The molecule has 0 saturated carbocycles. The SMILES string of the molecule is CC(C)c1cc(C(F)(F)F)sc1Cl. The fourth-order valence-corrected chi connectivity index (χ4v) is 2.35. The number of alkyl halides is 3. The molecule has 5 heteroatoms. The van der Waals surface area contributed by atoms with Crippen LogP contribution in [0.3, 0.4) is 0 Å². The zero-order valence-electron chi connectivity index (χ0n) is 7.07. The fourth-order valence-electron chi connectivity index (χ4n) is 0.916. The van der Waals surface area contributed by atoms with Gasteiger partial charge in [0.2, 0.25) is 0 Å². The highest BCUT2D eigenvalue weighted by Gasteiger charge is 2.33. The van der Waals surface area contributed by atoms with Crippen LogP contribution in [0.4, 0.5) is 13.2 Å². The monoisotopic (exact) mass is 228 g/mol. The molecule has 0 spiro atoms. The van der Waals surface area contributed by atoms with E-state index in [1.54, 1.807) is 0 Å². The minimum Gasteiger partial charge on any atom is -0.165 e. The molecule has 1 aromatic heterocycles. The molecule has 0 atom stereocenters. The van der Waals surface area contributed by atoms with Gasteiger partial charge in [0, 0.05) is 0 Å². The third-order valence-electron chi connectivity index (χ3n) is 1.61. The quantitative estimate of drug-likeness (QED) is 0.662. The van der Waals surface area contributed by atoms with Gasteiger partial charge in [0.1, 0.15) is 4.88 Å². The summed E-state index contributed by atoms with van der Waals surface area (Å²) < 4.78 is 36.8. The van der Waals surface area contributed by atoms with E-state index in [4.69, 9.17) is 11.6 Å². The van der Waals surface area contributed by atoms with Crippen LogP contribution >= 0.6 is 22.9 Å². The Kier molecular flexibility index (Phi) is 2.92. The van der Waals surface area contributed by atoms with Gasteiger partial charge in [-0.25, -0.2) is 0 Å². The molecule has 0 amide bonds. The minimum absolute atomic E-state index is 0.0276. The molecule has 1 heterocycles. The third kappa shape index (κ3) is 2.38. The van der Waals surface area contributed by atoms with Crippen LogP contribution in [0.25, 0.3) is 0 Å². The lowest BCUT2D eigenvalue weighted by atomic mass is 10.1. The van der Waals surface area contributed by atoms with E-state index in [-0.39, 0.29) is 10.3 Å². The number of hydrogen-bond donors (Lipinski definition) is 0. The lowest BCUT2D eigenvalue weighted by Gasteiger charge is -2.01. The normalized spacial score (nSPS) is 12.5. The van der Waals surface area contributed by atoms with Gasteiger partial charge in [-0.2, -0.15) is 13.2 Å². The summed E-state index contributed by atoms with van der Waals surface area (Å²) in [5, 5.41) is 0. The first kappa shape index (κ1) is 10.9. The van der Waals surface area contributed by atoms with Crippen molar-refractivity contribution in [3.05, 3.63) is 20.8 Å². The van der Waals surface area contributed by atoms with Crippen LogP contribution < -0.4 is 0 Å². The van der Waals surface area contributed by atoms with Crippen LogP contribution in [0, 0.1) is 0 Å². The summed E-state index contributed by atoms with van der Waals surface area (Å²) in [6.45, 7) is 3.63. The van der Waals surface area contributed by atoms with Crippen LogP contribution in [0.5, 0.6) is 0 Å². The van der Waals surface area contributed by atoms with Gasteiger partial charge in [0.15, 0.2) is 0 Å². The second kappa shape index (κ2) is 3.50. The Labute approximate surface area is 83.3 Å². The van der Waals surface area contributed by atoms with Gasteiger partial charge in [-0.05, 0) is 17.5 Å².